The van der Waals surface area contributed by atoms with Crippen LogP contribution >= 0.6 is 0 Å². The summed E-state index contributed by atoms with van der Waals surface area (Å²) in [4.78, 5) is 30.3. The van der Waals surface area contributed by atoms with Gasteiger partial charge >= 0.3 is 11.7 Å². The molecule has 1 saturated heterocycles. The second-order valence-corrected chi connectivity index (χ2v) is 6.63. The average molecular weight is 369 g/mol. The molecule has 0 radical (unpaired) electrons. The first kappa shape index (κ1) is 18.8. The van der Waals surface area contributed by atoms with Gasteiger partial charge in [-0.2, -0.15) is 4.98 Å². The van der Waals surface area contributed by atoms with Crippen LogP contribution in [-0.4, -0.2) is 71.5 Å². The van der Waals surface area contributed by atoms with Crippen LogP contribution in [0, 0.1) is 0 Å². The van der Waals surface area contributed by atoms with E-state index >= 15 is 0 Å². The molecule has 0 atom stereocenters. The second kappa shape index (κ2) is 8.59. The zero-order valence-corrected chi connectivity index (χ0v) is 15.5. The van der Waals surface area contributed by atoms with E-state index in [-0.39, 0.29) is 11.8 Å². The smallest absolute Gasteiger partial charge is 0.322 e. The minimum absolute atomic E-state index is 0.235. The monoisotopic (exact) mass is 369 g/mol. The molecule has 1 fully saturated rings. The fourth-order valence-corrected chi connectivity index (χ4v) is 2.87. The summed E-state index contributed by atoms with van der Waals surface area (Å²) in [7, 11) is 1.93. The average Bonchev–Trinajstić information content (AvgIpc) is 2.68. The van der Waals surface area contributed by atoms with E-state index in [1.165, 1.54) is 10.1 Å². The summed E-state index contributed by atoms with van der Waals surface area (Å²) in [5.41, 5.74) is 1.48. The number of nitrogens with zero attached hydrogens (tertiary/aromatic N) is 4. The third kappa shape index (κ3) is 5.01. The number of benzene rings is 1. The Morgan fingerprint density at radius 2 is 1.96 bits per heavy atom. The van der Waals surface area contributed by atoms with Crippen molar-refractivity contribution in [2.45, 2.75) is 6.42 Å². The molecule has 0 bridgehead atoms. The Balaban J connectivity index is 1.68. The van der Waals surface area contributed by atoms with Crippen LogP contribution in [0.3, 0.4) is 0 Å². The maximum atomic E-state index is 12.4. The van der Waals surface area contributed by atoms with Crippen molar-refractivity contribution in [1.82, 2.24) is 19.8 Å². The number of rotatable bonds is 5. The van der Waals surface area contributed by atoms with Gasteiger partial charge in [-0.3, -0.25) is 9.88 Å². The lowest BCUT2D eigenvalue weighted by Crippen LogP contribution is -2.48. The summed E-state index contributed by atoms with van der Waals surface area (Å²) >= 11 is 0. The molecule has 1 aromatic heterocycles. The van der Waals surface area contributed by atoms with E-state index < -0.39 is 5.69 Å². The number of urea groups is 1. The van der Waals surface area contributed by atoms with Crippen LogP contribution in [0.25, 0.3) is 5.69 Å². The van der Waals surface area contributed by atoms with Crippen molar-refractivity contribution in [1.29, 1.82) is 0 Å². The van der Waals surface area contributed by atoms with Crippen LogP contribution in [0.1, 0.15) is 5.56 Å². The maximum absolute atomic E-state index is 12.4. The number of piperazine rings is 1. The molecule has 1 aliphatic heterocycles. The predicted octanol–water partition coefficient (Wildman–Crippen LogP) is 0.555. The number of hydrogen-bond acceptors (Lipinski definition) is 4. The van der Waals surface area contributed by atoms with Gasteiger partial charge in [-0.1, -0.05) is 12.1 Å². The first-order valence-corrected chi connectivity index (χ1v) is 9.00. The number of hydrogen-bond donors (Lipinski definition) is 2. The molecule has 0 aliphatic carbocycles. The third-order valence-electron chi connectivity index (χ3n) is 4.44. The van der Waals surface area contributed by atoms with Gasteiger partial charge in [0.2, 0.25) is 0 Å². The Kier molecular flexibility index (Phi) is 5.97. The normalized spacial score (nSPS) is 14.0. The molecule has 27 heavy (non-hydrogen) atoms. The third-order valence-corrected chi connectivity index (χ3v) is 4.44. The van der Waals surface area contributed by atoms with Crippen molar-refractivity contribution in [2.24, 2.45) is 0 Å². The Morgan fingerprint density at radius 1 is 1.26 bits per heavy atom. The molecule has 142 valence electrons. The van der Waals surface area contributed by atoms with Crippen molar-refractivity contribution < 1.29 is 9.37 Å². The lowest BCUT2D eigenvalue weighted by atomic mass is 10.1. The number of carbonyl (C=O) groups is 1. The molecule has 2 aromatic rings. The van der Waals surface area contributed by atoms with Crippen LogP contribution in [0.2, 0.25) is 0 Å². The first-order valence-electron chi connectivity index (χ1n) is 9.00. The first-order chi connectivity index (χ1) is 13.0. The van der Waals surface area contributed by atoms with Gasteiger partial charge in [-0.25, -0.2) is 14.2 Å². The molecule has 1 aliphatic rings. The quantitative estimate of drug-likeness (QED) is 0.596. The Bertz CT molecular complexity index is 869. The minimum atomic E-state index is -0.432. The van der Waals surface area contributed by atoms with Crippen molar-refractivity contribution in [3.05, 3.63) is 52.6 Å². The summed E-state index contributed by atoms with van der Waals surface area (Å²) in [6.07, 6.45) is 2.52. The van der Waals surface area contributed by atoms with Gasteiger partial charge < -0.3 is 10.2 Å². The van der Waals surface area contributed by atoms with E-state index in [0.29, 0.717) is 13.1 Å². The van der Waals surface area contributed by atoms with E-state index in [1.807, 2.05) is 35.9 Å². The van der Waals surface area contributed by atoms with Gasteiger partial charge in [-0.15, -0.1) is 0 Å². The van der Waals surface area contributed by atoms with Gasteiger partial charge in [0.25, 0.3) is 0 Å². The minimum Gasteiger partial charge on any atom is -0.322 e. The molecule has 2 amide bonds. The van der Waals surface area contributed by atoms with Crippen molar-refractivity contribution in [3.8, 4) is 5.69 Å². The zero-order valence-electron chi connectivity index (χ0n) is 15.5. The number of amides is 2. The predicted molar refractivity (Wildman–Crippen MR) is 105 cm³/mol. The Morgan fingerprint density at radius 3 is 2.59 bits per heavy atom. The lowest BCUT2D eigenvalue weighted by molar-refractivity contribution is -0.487. The van der Waals surface area contributed by atoms with Crippen LogP contribution < -0.4 is 16.3 Å². The molecule has 8 nitrogen and oxygen atoms in total. The van der Waals surface area contributed by atoms with E-state index in [4.69, 9.17) is 0 Å². The topological polar surface area (TPSA) is 82.3 Å². The van der Waals surface area contributed by atoms with Crippen LogP contribution in [0.4, 0.5) is 10.6 Å². The van der Waals surface area contributed by atoms with Crippen LogP contribution in [0.15, 0.2) is 41.3 Å². The Hall–Kier alpha value is -3.00. The van der Waals surface area contributed by atoms with Gasteiger partial charge in [0.05, 0.1) is 5.69 Å². The largest absolute Gasteiger partial charge is 0.354 e. The highest BCUT2D eigenvalue weighted by atomic mass is 16.2. The molecular formula is C19H25N6O2+. The van der Waals surface area contributed by atoms with Gasteiger partial charge in [-0.05, 0) is 23.8 Å². The molecule has 2 N–H and O–H groups in total. The summed E-state index contributed by atoms with van der Waals surface area (Å²) in [5, 5.41) is 5.88. The van der Waals surface area contributed by atoms with Crippen molar-refractivity contribution in [2.75, 3.05) is 45.1 Å². The maximum Gasteiger partial charge on any atom is 0.354 e. The molecule has 0 spiro atoms. The fourth-order valence-electron chi connectivity index (χ4n) is 2.87. The van der Waals surface area contributed by atoms with E-state index in [2.05, 4.69) is 22.3 Å². The molecule has 8 heteroatoms. The molecule has 3 rings (SSSR count). The number of anilines is 1. The van der Waals surface area contributed by atoms with Crippen molar-refractivity contribution in [3.63, 3.8) is 0 Å². The zero-order chi connectivity index (χ0) is 19.2. The molecule has 1 aromatic carbocycles. The standard InChI is InChI=1S/C19H24N6O2/c1-23(2)11-7-15-3-5-16(6-4-15)25-12-8-17(22-19(25)27)21-18(26)24-13-9-20-10-14-24/h3-6,8,12,20H,1,7,9-11,13-14H2,2H3/p+1. The highest BCUT2D eigenvalue weighted by molar-refractivity contribution is 5.88. The molecule has 0 unspecified atom stereocenters. The SMILES string of the molecule is C=[N+](C)CCc1ccc(-n2ccc(NC(=O)N3CCNCC3)nc2=O)cc1. The molecular weight excluding hydrogens is 344 g/mol. The molecule has 0 saturated carbocycles. The number of carbonyl (C=O) groups excluding carboxylic acids is 1. The van der Waals surface area contributed by atoms with E-state index in [9.17, 15) is 9.59 Å². The second-order valence-electron chi connectivity index (χ2n) is 6.63. The van der Waals surface area contributed by atoms with Crippen molar-refractivity contribution >= 4 is 18.6 Å². The number of aromatic nitrogens is 2. The summed E-state index contributed by atoms with van der Waals surface area (Å²) < 4.78 is 3.34. The Labute approximate surface area is 158 Å². The van der Waals surface area contributed by atoms with E-state index in [0.717, 1.165) is 31.7 Å². The highest BCUT2D eigenvalue weighted by Gasteiger charge is 2.16. The van der Waals surface area contributed by atoms with Gasteiger partial charge in [0, 0.05) is 38.8 Å². The molecule has 2 heterocycles. The highest BCUT2D eigenvalue weighted by Crippen LogP contribution is 2.10. The van der Waals surface area contributed by atoms with E-state index in [1.54, 1.807) is 17.2 Å². The number of nitrogens with one attached hydrogen (secondary N) is 2. The van der Waals surface area contributed by atoms with Gasteiger partial charge in [0.15, 0.2) is 0 Å². The van der Waals surface area contributed by atoms with Gasteiger partial charge in [0.1, 0.15) is 26.1 Å². The van der Waals surface area contributed by atoms with Crippen LogP contribution in [-0.2, 0) is 6.42 Å². The summed E-state index contributed by atoms with van der Waals surface area (Å²) in [5.74, 6) is 0.259. The van der Waals surface area contributed by atoms with Crippen LogP contribution in [0.5, 0.6) is 0 Å². The summed E-state index contributed by atoms with van der Waals surface area (Å²) in [6.45, 7) is 7.51. The fraction of sp³-hybridized carbons (Fsp3) is 0.368. The summed E-state index contributed by atoms with van der Waals surface area (Å²) in [6, 6.07) is 9.16. The lowest BCUT2D eigenvalue weighted by Gasteiger charge is -2.27. The number of likely N-dealkylation sites (N-methyl/N-ethyl adjacent to an activating group) is 1.